The number of benzene rings is 1. The first-order valence-corrected chi connectivity index (χ1v) is 9.59. The van der Waals surface area contributed by atoms with Gasteiger partial charge in [-0.05, 0) is 42.5 Å². The molecule has 0 aliphatic carbocycles. The van der Waals surface area contributed by atoms with E-state index in [9.17, 15) is 9.18 Å². The largest absolute Gasteiger partial charge is 0.418 e. The Morgan fingerprint density at radius 2 is 2.26 bits per heavy atom. The molecule has 1 fully saturated rings. The van der Waals surface area contributed by atoms with Crippen molar-refractivity contribution in [1.29, 1.82) is 0 Å². The summed E-state index contributed by atoms with van der Waals surface area (Å²) in [4.78, 5) is 17.8. The Morgan fingerprint density at radius 3 is 3.07 bits per heavy atom. The van der Waals surface area contributed by atoms with Crippen LogP contribution in [-0.4, -0.2) is 32.5 Å². The van der Waals surface area contributed by atoms with Crippen molar-refractivity contribution >= 4 is 28.1 Å². The number of rotatable bonds is 3. The van der Waals surface area contributed by atoms with Gasteiger partial charge >= 0.3 is 0 Å². The van der Waals surface area contributed by atoms with E-state index in [2.05, 4.69) is 15.2 Å². The highest BCUT2D eigenvalue weighted by atomic mass is 32.1. The summed E-state index contributed by atoms with van der Waals surface area (Å²) in [6.07, 6.45) is 1.60. The molecule has 1 N–H and O–H groups in total. The van der Waals surface area contributed by atoms with Gasteiger partial charge in [0.25, 0.3) is 5.91 Å². The third-order valence-corrected chi connectivity index (χ3v) is 5.53. The van der Waals surface area contributed by atoms with Crippen molar-refractivity contribution in [2.24, 2.45) is 0 Å². The number of halogens is 1. The molecule has 4 aromatic rings. The normalized spacial score (nSPS) is 17.1. The van der Waals surface area contributed by atoms with Gasteiger partial charge in [0.05, 0.1) is 0 Å². The van der Waals surface area contributed by atoms with Crippen LogP contribution in [0.3, 0.4) is 0 Å². The summed E-state index contributed by atoms with van der Waals surface area (Å²) < 4.78 is 19.8. The lowest BCUT2D eigenvalue weighted by Crippen LogP contribution is -2.31. The molecule has 0 spiro atoms. The summed E-state index contributed by atoms with van der Waals surface area (Å²) in [5, 5.41) is 12.6. The lowest BCUT2D eigenvalue weighted by Gasteiger charge is -2.21. The first kappa shape index (κ1) is 16.2. The van der Waals surface area contributed by atoms with Crippen LogP contribution >= 0.6 is 11.3 Å². The van der Waals surface area contributed by atoms with Crippen LogP contribution < -0.4 is 0 Å². The lowest BCUT2D eigenvalue weighted by atomic mass is 10.2. The van der Waals surface area contributed by atoms with Gasteiger partial charge in [-0.15, -0.1) is 10.2 Å². The molecule has 1 aliphatic rings. The van der Waals surface area contributed by atoms with Crippen LogP contribution in [-0.2, 0) is 0 Å². The highest BCUT2D eigenvalue weighted by molar-refractivity contribution is 7.08. The molecule has 5 rings (SSSR count). The summed E-state index contributed by atoms with van der Waals surface area (Å²) in [5.74, 6) is 0.351. The predicted molar refractivity (Wildman–Crippen MR) is 98.9 cm³/mol. The average molecular weight is 382 g/mol. The smallest absolute Gasteiger partial charge is 0.270 e. The first-order chi connectivity index (χ1) is 13.2. The molecule has 0 saturated carbocycles. The average Bonchev–Trinajstić information content (AvgIpc) is 3.47. The molecule has 1 atom stereocenters. The zero-order valence-electron chi connectivity index (χ0n) is 14.2. The van der Waals surface area contributed by atoms with Gasteiger partial charge in [-0.3, -0.25) is 4.79 Å². The van der Waals surface area contributed by atoms with Gasteiger partial charge in [0.15, 0.2) is 0 Å². The second kappa shape index (κ2) is 6.31. The van der Waals surface area contributed by atoms with Crippen molar-refractivity contribution in [3.63, 3.8) is 0 Å². The summed E-state index contributed by atoms with van der Waals surface area (Å²) in [5.41, 5.74) is 1.84. The number of aromatic nitrogens is 3. The van der Waals surface area contributed by atoms with E-state index in [0.717, 1.165) is 18.4 Å². The second-order valence-electron chi connectivity index (χ2n) is 6.50. The molecule has 0 unspecified atom stereocenters. The second-order valence-corrected chi connectivity index (χ2v) is 7.28. The van der Waals surface area contributed by atoms with E-state index in [1.165, 1.54) is 6.07 Å². The zero-order chi connectivity index (χ0) is 18.4. The van der Waals surface area contributed by atoms with E-state index in [0.29, 0.717) is 34.9 Å². The number of thiophene rings is 1. The Balaban J connectivity index is 1.45. The molecule has 0 radical (unpaired) electrons. The van der Waals surface area contributed by atoms with Crippen molar-refractivity contribution in [1.82, 2.24) is 20.1 Å². The van der Waals surface area contributed by atoms with Crippen molar-refractivity contribution in [3.05, 3.63) is 58.5 Å². The Hall–Kier alpha value is -3.00. The summed E-state index contributed by atoms with van der Waals surface area (Å²) >= 11 is 1.55. The van der Waals surface area contributed by atoms with Gasteiger partial charge in [-0.1, -0.05) is 6.07 Å². The Bertz CT molecular complexity index is 1120. The summed E-state index contributed by atoms with van der Waals surface area (Å²) in [7, 11) is 0. The number of hydrogen-bond acceptors (Lipinski definition) is 5. The third-order valence-electron chi connectivity index (χ3n) is 4.85. The maximum Gasteiger partial charge on any atom is 0.270 e. The van der Waals surface area contributed by atoms with Crippen molar-refractivity contribution < 1.29 is 13.6 Å². The highest BCUT2D eigenvalue weighted by Gasteiger charge is 2.35. The first-order valence-electron chi connectivity index (χ1n) is 8.65. The third kappa shape index (κ3) is 2.73. The van der Waals surface area contributed by atoms with Crippen molar-refractivity contribution in [2.45, 2.75) is 18.9 Å². The van der Waals surface area contributed by atoms with Crippen LogP contribution in [0.1, 0.15) is 35.3 Å². The molecule has 27 heavy (non-hydrogen) atoms. The molecular weight excluding hydrogens is 367 g/mol. The number of fused-ring (bicyclic) bond motifs is 1. The number of carbonyl (C=O) groups excluding carboxylic acids is 1. The Kier molecular flexibility index (Phi) is 3.78. The number of likely N-dealkylation sites (tertiary alicyclic amines) is 1. The van der Waals surface area contributed by atoms with Gasteiger partial charge in [0, 0.05) is 28.4 Å². The van der Waals surface area contributed by atoms with E-state index in [-0.39, 0.29) is 17.8 Å². The van der Waals surface area contributed by atoms with Gasteiger partial charge < -0.3 is 14.3 Å². The Labute approximate surface area is 157 Å². The van der Waals surface area contributed by atoms with Crippen molar-refractivity contribution in [3.8, 4) is 11.5 Å². The van der Waals surface area contributed by atoms with Crippen LogP contribution in [0, 0.1) is 5.82 Å². The van der Waals surface area contributed by atoms with Gasteiger partial charge in [-0.2, -0.15) is 11.3 Å². The van der Waals surface area contributed by atoms with Gasteiger partial charge in [0.1, 0.15) is 17.6 Å². The van der Waals surface area contributed by atoms with E-state index in [1.54, 1.807) is 34.4 Å². The highest BCUT2D eigenvalue weighted by Crippen LogP contribution is 2.34. The minimum atomic E-state index is -0.349. The van der Waals surface area contributed by atoms with Crippen LogP contribution in [0.4, 0.5) is 4.39 Å². The fourth-order valence-electron chi connectivity index (χ4n) is 3.53. The molecule has 3 aromatic heterocycles. The number of nitrogens with zero attached hydrogens (tertiary/aromatic N) is 3. The molecule has 4 heterocycles. The number of aromatic amines is 1. The van der Waals surface area contributed by atoms with Crippen LogP contribution in [0.25, 0.3) is 22.4 Å². The molecule has 1 amide bonds. The van der Waals surface area contributed by atoms with Crippen molar-refractivity contribution in [2.75, 3.05) is 6.54 Å². The number of amides is 1. The van der Waals surface area contributed by atoms with Crippen LogP contribution in [0.15, 0.2) is 45.5 Å². The predicted octanol–water partition coefficient (Wildman–Crippen LogP) is 4.40. The monoisotopic (exact) mass is 382 g/mol. The summed E-state index contributed by atoms with van der Waals surface area (Å²) in [6, 6.07) is 7.96. The van der Waals surface area contributed by atoms with E-state index >= 15 is 0 Å². The van der Waals surface area contributed by atoms with E-state index < -0.39 is 0 Å². The van der Waals surface area contributed by atoms with Crippen LogP contribution in [0.5, 0.6) is 0 Å². The molecule has 6 nitrogen and oxygen atoms in total. The summed E-state index contributed by atoms with van der Waals surface area (Å²) in [6.45, 7) is 0.595. The van der Waals surface area contributed by atoms with Crippen LogP contribution in [0.2, 0.25) is 0 Å². The fourth-order valence-corrected chi connectivity index (χ4v) is 4.16. The van der Waals surface area contributed by atoms with E-state index in [1.807, 2.05) is 16.8 Å². The molecule has 1 aliphatic heterocycles. The number of H-pyrrole nitrogens is 1. The fraction of sp³-hybridized carbons (Fsp3) is 0.211. The number of carbonyl (C=O) groups is 1. The minimum Gasteiger partial charge on any atom is -0.418 e. The standard InChI is InChI=1S/C19H15FN4O2S/c20-13-3-1-4-14-12(13)9-15(21-14)19(25)24-7-2-5-16(24)18-23-22-17(26-18)11-6-8-27-10-11/h1,3-4,6,8-10,16,21H,2,5,7H2/t16-/m1/s1. The number of hydrogen-bond donors (Lipinski definition) is 1. The molecular formula is C19H15FN4O2S. The van der Waals surface area contributed by atoms with Gasteiger partial charge in [0.2, 0.25) is 11.8 Å². The van der Waals surface area contributed by atoms with Gasteiger partial charge in [-0.25, -0.2) is 4.39 Å². The topological polar surface area (TPSA) is 75.0 Å². The molecule has 136 valence electrons. The lowest BCUT2D eigenvalue weighted by molar-refractivity contribution is 0.0711. The number of nitrogens with one attached hydrogen (secondary N) is 1. The molecule has 8 heteroatoms. The maximum absolute atomic E-state index is 13.9. The zero-order valence-corrected chi connectivity index (χ0v) is 15.0. The minimum absolute atomic E-state index is 0.191. The molecule has 0 bridgehead atoms. The molecule has 1 aromatic carbocycles. The molecule has 1 saturated heterocycles. The quantitative estimate of drug-likeness (QED) is 0.570. The maximum atomic E-state index is 13.9. The van der Waals surface area contributed by atoms with E-state index in [4.69, 9.17) is 4.42 Å². The SMILES string of the molecule is O=C(c1cc2c(F)cccc2[nH]1)N1CCC[C@@H]1c1nnc(-c2ccsc2)o1. The Morgan fingerprint density at radius 1 is 1.33 bits per heavy atom.